The van der Waals surface area contributed by atoms with Gasteiger partial charge in [-0.15, -0.1) is 0 Å². The van der Waals surface area contributed by atoms with Crippen LogP contribution in [0.2, 0.25) is 0 Å². The molecule has 3 unspecified atom stereocenters. The summed E-state index contributed by atoms with van der Waals surface area (Å²) >= 11 is 0. The summed E-state index contributed by atoms with van der Waals surface area (Å²) in [5.41, 5.74) is 0. The number of hydrogen-bond donors (Lipinski definition) is 2. The van der Waals surface area contributed by atoms with Gasteiger partial charge in [0.15, 0.2) is 0 Å². The van der Waals surface area contributed by atoms with Crippen molar-refractivity contribution in [1.82, 2.24) is 10.2 Å². The first-order valence-corrected chi connectivity index (χ1v) is 5.31. The van der Waals surface area contributed by atoms with Crippen LogP contribution in [0.15, 0.2) is 24.4 Å². The van der Waals surface area contributed by atoms with E-state index in [1.165, 1.54) is 0 Å². The van der Waals surface area contributed by atoms with Gasteiger partial charge in [-0.1, -0.05) is 12.2 Å². The number of amides is 1. The van der Waals surface area contributed by atoms with Crippen molar-refractivity contribution in [3.8, 4) is 0 Å². The maximum Gasteiger partial charge on any atom is 0.229 e. The van der Waals surface area contributed by atoms with Crippen molar-refractivity contribution in [2.24, 2.45) is 17.8 Å². The highest BCUT2D eigenvalue weighted by Gasteiger charge is 2.39. The van der Waals surface area contributed by atoms with Gasteiger partial charge >= 0.3 is 0 Å². The number of carbonyl (C=O) groups is 1. The highest BCUT2D eigenvalue weighted by atomic mass is 16.2. The highest BCUT2D eigenvalue weighted by Crippen LogP contribution is 2.43. The van der Waals surface area contributed by atoms with E-state index in [9.17, 15) is 4.79 Å². The predicted octanol–water partition coefficient (Wildman–Crippen LogP) is 1.56. The number of nitrogens with zero attached hydrogens (tertiary/aromatic N) is 1. The Kier molecular flexibility index (Phi) is 1.87. The van der Waals surface area contributed by atoms with Gasteiger partial charge in [-0.25, -0.2) is 0 Å². The van der Waals surface area contributed by atoms with Crippen LogP contribution >= 0.6 is 0 Å². The van der Waals surface area contributed by atoms with Gasteiger partial charge in [-0.3, -0.25) is 9.89 Å². The topological polar surface area (TPSA) is 57.8 Å². The van der Waals surface area contributed by atoms with E-state index in [-0.39, 0.29) is 11.8 Å². The summed E-state index contributed by atoms with van der Waals surface area (Å²) < 4.78 is 0. The largest absolute Gasteiger partial charge is 0.311 e. The third kappa shape index (κ3) is 1.46. The highest BCUT2D eigenvalue weighted by molar-refractivity contribution is 5.92. The predicted molar refractivity (Wildman–Crippen MR) is 56.1 cm³/mol. The van der Waals surface area contributed by atoms with Gasteiger partial charge in [0.25, 0.3) is 0 Å². The Balaban J connectivity index is 1.68. The Morgan fingerprint density at radius 2 is 2.40 bits per heavy atom. The summed E-state index contributed by atoms with van der Waals surface area (Å²) in [5.74, 6) is 2.05. The fraction of sp³-hybridized carbons (Fsp3) is 0.455. The molecule has 3 rings (SSSR count). The molecule has 2 bridgehead atoms. The first kappa shape index (κ1) is 8.71. The third-order valence-electron chi connectivity index (χ3n) is 3.37. The molecule has 78 valence electrons. The number of carbonyl (C=O) groups excluding carboxylic acids is 1. The summed E-state index contributed by atoms with van der Waals surface area (Å²) in [7, 11) is 0. The van der Waals surface area contributed by atoms with E-state index in [2.05, 4.69) is 27.7 Å². The summed E-state index contributed by atoms with van der Waals surface area (Å²) in [6, 6.07) is 1.76. The monoisotopic (exact) mass is 203 g/mol. The number of hydrogen-bond acceptors (Lipinski definition) is 2. The number of aromatic nitrogens is 2. The molecule has 1 fully saturated rings. The van der Waals surface area contributed by atoms with Gasteiger partial charge in [0.05, 0.1) is 6.20 Å². The van der Waals surface area contributed by atoms with E-state index in [4.69, 9.17) is 0 Å². The Hall–Kier alpha value is -1.58. The lowest BCUT2D eigenvalue weighted by atomic mass is 9.93. The molecule has 1 amide bonds. The normalized spacial score (nSPS) is 32.1. The lowest BCUT2D eigenvalue weighted by molar-refractivity contribution is -0.120. The first-order valence-electron chi connectivity index (χ1n) is 5.31. The zero-order valence-electron chi connectivity index (χ0n) is 8.31. The smallest absolute Gasteiger partial charge is 0.229 e. The number of nitrogens with one attached hydrogen (secondary N) is 2. The first-order chi connectivity index (χ1) is 7.33. The van der Waals surface area contributed by atoms with Crippen LogP contribution in [-0.4, -0.2) is 16.1 Å². The second-order valence-electron chi connectivity index (χ2n) is 4.35. The van der Waals surface area contributed by atoms with E-state index >= 15 is 0 Å². The minimum absolute atomic E-state index is 0.121. The van der Waals surface area contributed by atoms with Gasteiger partial charge in [0.1, 0.15) is 5.82 Å². The maximum atomic E-state index is 11.9. The minimum Gasteiger partial charge on any atom is -0.311 e. The molecule has 0 aliphatic heterocycles. The molecule has 1 aromatic rings. The lowest BCUT2D eigenvalue weighted by Gasteiger charge is -2.16. The van der Waals surface area contributed by atoms with E-state index in [0.717, 1.165) is 12.8 Å². The molecule has 1 aromatic heterocycles. The molecule has 2 aliphatic rings. The number of aromatic amines is 1. The molecule has 0 aromatic carbocycles. The lowest BCUT2D eigenvalue weighted by Crippen LogP contribution is -2.26. The number of H-pyrrole nitrogens is 1. The van der Waals surface area contributed by atoms with Gasteiger partial charge in [-0.2, -0.15) is 5.10 Å². The molecule has 3 atom stereocenters. The molecule has 2 N–H and O–H groups in total. The number of rotatable bonds is 2. The molecule has 4 nitrogen and oxygen atoms in total. The van der Waals surface area contributed by atoms with Gasteiger partial charge in [-0.05, 0) is 24.7 Å². The van der Waals surface area contributed by atoms with Crippen LogP contribution in [-0.2, 0) is 4.79 Å². The zero-order chi connectivity index (χ0) is 10.3. The SMILES string of the molecule is O=C(Nc1ccn[nH]1)C1CC2C=CC1C2. The summed E-state index contributed by atoms with van der Waals surface area (Å²) in [5, 5.41) is 9.39. The molecule has 1 heterocycles. The van der Waals surface area contributed by atoms with Crippen LogP contribution in [0.4, 0.5) is 5.82 Å². The van der Waals surface area contributed by atoms with E-state index < -0.39 is 0 Å². The molecule has 4 heteroatoms. The van der Waals surface area contributed by atoms with Crippen molar-refractivity contribution in [3.05, 3.63) is 24.4 Å². The summed E-state index contributed by atoms with van der Waals surface area (Å²) in [6.07, 6.45) is 8.22. The zero-order valence-corrected chi connectivity index (χ0v) is 8.31. The summed E-state index contributed by atoms with van der Waals surface area (Å²) in [4.78, 5) is 11.9. The van der Waals surface area contributed by atoms with E-state index in [0.29, 0.717) is 17.7 Å². The van der Waals surface area contributed by atoms with Crippen LogP contribution in [0, 0.1) is 17.8 Å². The fourth-order valence-corrected chi connectivity index (χ4v) is 2.63. The maximum absolute atomic E-state index is 11.9. The molecule has 0 saturated heterocycles. The fourth-order valence-electron chi connectivity index (χ4n) is 2.63. The molecule has 15 heavy (non-hydrogen) atoms. The molecule has 1 saturated carbocycles. The molecular weight excluding hydrogens is 190 g/mol. The van der Waals surface area contributed by atoms with Gasteiger partial charge in [0.2, 0.25) is 5.91 Å². The Morgan fingerprint density at radius 3 is 3.00 bits per heavy atom. The van der Waals surface area contributed by atoms with Crippen LogP contribution in [0.1, 0.15) is 12.8 Å². The molecular formula is C11H13N3O. The van der Waals surface area contributed by atoms with Crippen molar-refractivity contribution >= 4 is 11.7 Å². The van der Waals surface area contributed by atoms with Gasteiger partial charge in [0, 0.05) is 12.0 Å². The second-order valence-corrected chi connectivity index (χ2v) is 4.35. The van der Waals surface area contributed by atoms with Crippen LogP contribution in [0.3, 0.4) is 0 Å². The summed E-state index contributed by atoms with van der Waals surface area (Å²) in [6.45, 7) is 0. The van der Waals surface area contributed by atoms with Crippen molar-refractivity contribution < 1.29 is 4.79 Å². The molecule has 0 spiro atoms. The molecule has 2 aliphatic carbocycles. The van der Waals surface area contributed by atoms with Crippen molar-refractivity contribution in [3.63, 3.8) is 0 Å². The van der Waals surface area contributed by atoms with Crippen molar-refractivity contribution in [2.45, 2.75) is 12.8 Å². The Bertz CT molecular complexity index is 396. The molecule has 0 radical (unpaired) electrons. The van der Waals surface area contributed by atoms with Crippen LogP contribution in [0.25, 0.3) is 0 Å². The number of anilines is 1. The number of fused-ring (bicyclic) bond motifs is 2. The number of allylic oxidation sites excluding steroid dienone is 2. The van der Waals surface area contributed by atoms with Gasteiger partial charge < -0.3 is 5.32 Å². The third-order valence-corrected chi connectivity index (χ3v) is 3.37. The standard InChI is InChI=1S/C11H13N3O/c15-11(13-10-3-4-12-14-10)9-6-7-1-2-8(9)5-7/h1-4,7-9H,5-6H2,(H2,12,13,14,15). The minimum atomic E-state index is 0.121. The van der Waals surface area contributed by atoms with E-state index in [1.807, 2.05) is 0 Å². The van der Waals surface area contributed by atoms with Crippen molar-refractivity contribution in [2.75, 3.05) is 5.32 Å². The van der Waals surface area contributed by atoms with Crippen LogP contribution in [0.5, 0.6) is 0 Å². The van der Waals surface area contributed by atoms with Crippen molar-refractivity contribution in [1.29, 1.82) is 0 Å². The Morgan fingerprint density at radius 1 is 1.47 bits per heavy atom. The quantitative estimate of drug-likeness (QED) is 0.717. The average molecular weight is 203 g/mol. The van der Waals surface area contributed by atoms with E-state index in [1.54, 1.807) is 12.3 Å². The average Bonchev–Trinajstić information content (AvgIpc) is 2.93. The van der Waals surface area contributed by atoms with Crippen LogP contribution < -0.4 is 5.32 Å². The second kappa shape index (κ2) is 3.22. The Labute approximate surface area is 87.8 Å².